The molecule has 0 radical (unpaired) electrons. The van der Waals surface area contributed by atoms with E-state index in [1.807, 2.05) is 11.6 Å². The first kappa shape index (κ1) is 22.0. The monoisotopic (exact) mass is 422 g/mol. The van der Waals surface area contributed by atoms with Crippen LogP contribution in [0.2, 0.25) is 0 Å². The molecule has 0 amide bonds. The number of hydrogen-bond acceptors (Lipinski definition) is 3. The summed E-state index contributed by atoms with van der Waals surface area (Å²) >= 11 is 0. The molecule has 1 saturated carbocycles. The number of aromatic nitrogens is 4. The number of fused-ring (bicyclic) bond motifs is 2. The molecule has 5 nitrogen and oxygen atoms in total. The molecule has 31 heavy (non-hydrogen) atoms. The summed E-state index contributed by atoms with van der Waals surface area (Å²) in [5.74, 6) is 2.78. The van der Waals surface area contributed by atoms with E-state index in [0.29, 0.717) is 22.6 Å². The summed E-state index contributed by atoms with van der Waals surface area (Å²) in [6.07, 6.45) is 17.3. The molecule has 1 fully saturated rings. The van der Waals surface area contributed by atoms with E-state index in [4.69, 9.17) is 5.73 Å². The van der Waals surface area contributed by atoms with Crippen molar-refractivity contribution in [2.75, 3.05) is 5.73 Å². The van der Waals surface area contributed by atoms with Crippen molar-refractivity contribution in [3.63, 3.8) is 0 Å². The van der Waals surface area contributed by atoms with E-state index in [1.165, 1.54) is 37.6 Å². The quantitative estimate of drug-likeness (QED) is 0.531. The molecule has 0 aromatic carbocycles. The van der Waals surface area contributed by atoms with Gasteiger partial charge in [0, 0.05) is 0 Å². The second-order valence-electron chi connectivity index (χ2n) is 10.8. The fourth-order valence-electron chi connectivity index (χ4n) is 6.47. The number of allylic oxidation sites excluding steroid dienone is 4. The van der Waals surface area contributed by atoms with Crippen molar-refractivity contribution < 1.29 is 4.57 Å². The summed E-state index contributed by atoms with van der Waals surface area (Å²) in [5, 5.41) is 0. The van der Waals surface area contributed by atoms with E-state index < -0.39 is 0 Å². The van der Waals surface area contributed by atoms with E-state index in [1.54, 1.807) is 0 Å². The van der Waals surface area contributed by atoms with Crippen LogP contribution < -0.4 is 10.3 Å². The second-order valence-corrected chi connectivity index (χ2v) is 10.8. The summed E-state index contributed by atoms with van der Waals surface area (Å²) in [6, 6.07) is 0. The van der Waals surface area contributed by atoms with Crippen LogP contribution >= 0.6 is 0 Å². The minimum absolute atomic E-state index is 0.395. The maximum absolute atomic E-state index is 6.14. The Hall–Kier alpha value is -2.17. The number of nitrogens with zero attached hydrogens (tertiary/aromatic N) is 4. The number of hydrogen-bond donors (Lipinski definition) is 1. The van der Waals surface area contributed by atoms with Gasteiger partial charge < -0.3 is 5.73 Å². The Morgan fingerprint density at radius 3 is 2.87 bits per heavy atom. The second kappa shape index (κ2) is 8.07. The van der Waals surface area contributed by atoms with Gasteiger partial charge in [0.05, 0.1) is 13.6 Å². The maximum Gasteiger partial charge on any atom is 0.307 e. The average molecular weight is 423 g/mol. The topological polar surface area (TPSA) is 60.6 Å². The highest BCUT2D eigenvalue weighted by Gasteiger charge is 2.53. The van der Waals surface area contributed by atoms with Crippen LogP contribution in [-0.4, -0.2) is 14.5 Å². The van der Waals surface area contributed by atoms with Gasteiger partial charge in [-0.25, -0.2) is 4.57 Å². The molecule has 2 aliphatic rings. The van der Waals surface area contributed by atoms with Gasteiger partial charge in [-0.1, -0.05) is 56.5 Å². The average Bonchev–Trinajstić information content (AvgIpc) is 3.07. The smallest absolute Gasteiger partial charge is 0.307 e. The number of nitrogens with two attached hydrogens (primary N) is 1. The summed E-state index contributed by atoms with van der Waals surface area (Å²) in [4.78, 5) is 8.56. The zero-order chi connectivity index (χ0) is 22.4. The molecule has 5 heteroatoms. The summed E-state index contributed by atoms with van der Waals surface area (Å²) < 4.78 is 4.17. The van der Waals surface area contributed by atoms with Crippen molar-refractivity contribution >= 4 is 17.0 Å². The van der Waals surface area contributed by atoms with E-state index in [-0.39, 0.29) is 0 Å². The van der Waals surface area contributed by atoms with Crippen LogP contribution in [0.1, 0.15) is 66.7 Å². The van der Waals surface area contributed by atoms with Gasteiger partial charge in [0.15, 0.2) is 18.5 Å². The molecular weight excluding hydrogens is 382 g/mol. The lowest BCUT2D eigenvalue weighted by atomic mass is 9.46. The van der Waals surface area contributed by atoms with E-state index in [9.17, 15) is 0 Å². The summed E-state index contributed by atoms with van der Waals surface area (Å²) in [5.41, 5.74) is 10.2. The minimum atomic E-state index is 0.395. The van der Waals surface area contributed by atoms with Crippen LogP contribution in [0, 0.1) is 28.6 Å². The lowest BCUT2D eigenvalue weighted by Crippen LogP contribution is -2.51. The lowest BCUT2D eigenvalue weighted by molar-refractivity contribution is -0.647. The van der Waals surface area contributed by atoms with Gasteiger partial charge in [-0.3, -0.25) is 4.57 Å². The Bertz CT molecular complexity index is 1020. The Morgan fingerprint density at radius 2 is 2.10 bits per heavy atom. The largest absolute Gasteiger partial charge is 0.380 e. The molecule has 0 saturated heterocycles. The fourth-order valence-corrected chi connectivity index (χ4v) is 6.47. The van der Waals surface area contributed by atoms with Crippen molar-refractivity contribution in [2.24, 2.45) is 35.6 Å². The van der Waals surface area contributed by atoms with E-state index >= 15 is 0 Å². The third-order valence-electron chi connectivity index (χ3n) is 9.13. The minimum Gasteiger partial charge on any atom is -0.380 e. The van der Waals surface area contributed by atoms with Crippen molar-refractivity contribution in [3.8, 4) is 0 Å². The van der Waals surface area contributed by atoms with Crippen molar-refractivity contribution in [2.45, 2.75) is 73.3 Å². The first-order valence-electron chi connectivity index (χ1n) is 11.9. The van der Waals surface area contributed by atoms with E-state index in [0.717, 1.165) is 36.0 Å². The van der Waals surface area contributed by atoms with Crippen LogP contribution in [-0.2, 0) is 13.6 Å². The van der Waals surface area contributed by atoms with Crippen LogP contribution in [0.5, 0.6) is 0 Å². The molecule has 2 N–H and O–H groups in total. The molecule has 0 spiro atoms. The van der Waals surface area contributed by atoms with Gasteiger partial charge in [-0.05, 0) is 67.6 Å². The third-order valence-corrected chi connectivity index (χ3v) is 9.13. The standard InChI is InChI=1S/C26H40N5/c1-18(12-15-31-17-30(6)24-22(31)23(27)28-16-29-24)10-13-25(4)20(3)11-14-26(5)19(2)8-7-9-21(25)26/h7-8,12,16-17,19-21H,9-11,13-15H2,1-6H3,(H2,27,28,29)/q+1/b18-12+/t19-,20-,21-,25+,26+/m1/s1. The molecule has 2 heterocycles. The molecule has 2 aliphatic carbocycles. The molecule has 5 atom stereocenters. The highest BCUT2D eigenvalue weighted by molar-refractivity contribution is 5.79. The van der Waals surface area contributed by atoms with Gasteiger partial charge in [0.1, 0.15) is 0 Å². The molecule has 2 aromatic heterocycles. The van der Waals surface area contributed by atoms with Crippen LogP contribution in [0.15, 0.2) is 36.5 Å². The number of rotatable bonds is 5. The predicted octanol–water partition coefficient (Wildman–Crippen LogP) is 5.22. The Kier molecular flexibility index (Phi) is 5.74. The number of aryl methyl sites for hydroxylation is 1. The van der Waals surface area contributed by atoms with E-state index in [2.05, 4.69) is 73.7 Å². The van der Waals surface area contributed by atoms with Gasteiger partial charge >= 0.3 is 5.65 Å². The van der Waals surface area contributed by atoms with Gasteiger partial charge in [0.2, 0.25) is 5.52 Å². The molecule has 0 aliphatic heterocycles. The molecule has 0 unspecified atom stereocenters. The molecule has 4 rings (SSSR count). The zero-order valence-electron chi connectivity index (χ0n) is 20.2. The number of imidazole rings is 1. The highest BCUT2D eigenvalue weighted by Crippen LogP contribution is 2.61. The Labute approximate surface area is 187 Å². The summed E-state index contributed by atoms with van der Waals surface area (Å²) in [6.45, 7) is 13.1. The first-order chi connectivity index (χ1) is 14.7. The molecule has 2 aromatic rings. The molecular formula is C26H40N5+. The van der Waals surface area contributed by atoms with Crippen LogP contribution in [0.25, 0.3) is 11.2 Å². The summed E-state index contributed by atoms with van der Waals surface area (Å²) in [7, 11) is 2.00. The van der Waals surface area contributed by atoms with Crippen LogP contribution in [0.3, 0.4) is 0 Å². The lowest BCUT2D eigenvalue weighted by Gasteiger charge is -2.59. The maximum atomic E-state index is 6.14. The molecule has 168 valence electrons. The predicted molar refractivity (Wildman–Crippen MR) is 127 cm³/mol. The van der Waals surface area contributed by atoms with Gasteiger partial charge in [-0.15, -0.1) is 0 Å². The Balaban J connectivity index is 1.50. The fraction of sp³-hybridized carbons (Fsp3) is 0.654. The third kappa shape index (κ3) is 3.70. The number of nitrogen functional groups attached to an aromatic ring is 1. The normalized spacial score (nSPS) is 33.6. The van der Waals surface area contributed by atoms with Crippen molar-refractivity contribution in [1.82, 2.24) is 14.5 Å². The van der Waals surface area contributed by atoms with Gasteiger partial charge in [0.25, 0.3) is 0 Å². The Morgan fingerprint density at radius 1 is 1.32 bits per heavy atom. The first-order valence-corrected chi connectivity index (χ1v) is 11.9. The van der Waals surface area contributed by atoms with Crippen LogP contribution in [0.4, 0.5) is 5.82 Å². The van der Waals surface area contributed by atoms with Crippen molar-refractivity contribution in [3.05, 3.63) is 36.5 Å². The number of anilines is 1. The molecule has 0 bridgehead atoms. The zero-order valence-corrected chi connectivity index (χ0v) is 20.2. The highest BCUT2D eigenvalue weighted by atomic mass is 15.2. The SMILES string of the molecule is C/C(=C\Cn1c[n+](C)c2ncnc(N)c21)CC[C@]1(C)[C@H]2CC=C[C@@H](C)[C@]2(C)CC[C@H]1C. The van der Waals surface area contributed by atoms with Crippen molar-refractivity contribution in [1.29, 1.82) is 0 Å². The van der Waals surface area contributed by atoms with Gasteiger partial charge in [-0.2, -0.15) is 4.98 Å².